The van der Waals surface area contributed by atoms with Crippen molar-refractivity contribution in [2.24, 2.45) is 0 Å². The lowest BCUT2D eigenvalue weighted by Crippen LogP contribution is -2.18. The molecule has 1 fully saturated rings. The van der Waals surface area contributed by atoms with Gasteiger partial charge >= 0.3 is 0 Å². The second kappa shape index (κ2) is 11.3. The molecule has 0 radical (unpaired) electrons. The third kappa shape index (κ3) is 6.29. The van der Waals surface area contributed by atoms with E-state index in [0.717, 1.165) is 42.5 Å². The van der Waals surface area contributed by atoms with Crippen LogP contribution in [0.2, 0.25) is 0 Å². The predicted molar refractivity (Wildman–Crippen MR) is 120 cm³/mol. The molecule has 2 atom stereocenters. The van der Waals surface area contributed by atoms with E-state index >= 15 is 0 Å². The third-order valence-corrected chi connectivity index (χ3v) is 5.43. The smallest absolute Gasteiger partial charge is 0.150 e. The van der Waals surface area contributed by atoms with Crippen LogP contribution in [0.25, 0.3) is 10.9 Å². The molecule has 6 nitrogen and oxygen atoms in total. The molecule has 0 spiro atoms. The molecule has 0 amide bonds. The molecule has 1 aliphatic rings. The van der Waals surface area contributed by atoms with E-state index in [1.54, 1.807) is 0 Å². The summed E-state index contributed by atoms with van der Waals surface area (Å²) < 4.78 is 25.3. The molecule has 0 bridgehead atoms. The zero-order valence-electron chi connectivity index (χ0n) is 18.2. The van der Waals surface area contributed by atoms with E-state index in [9.17, 15) is 0 Å². The molecule has 0 N–H and O–H groups in total. The Labute approximate surface area is 184 Å². The van der Waals surface area contributed by atoms with Crippen molar-refractivity contribution in [3.05, 3.63) is 60.3 Å². The van der Waals surface area contributed by atoms with Crippen LogP contribution in [0.1, 0.15) is 44.4 Å². The Morgan fingerprint density at radius 1 is 1.13 bits per heavy atom. The summed E-state index contributed by atoms with van der Waals surface area (Å²) in [4.78, 5) is 0. The summed E-state index contributed by atoms with van der Waals surface area (Å²) in [5.41, 5.74) is 2.27. The van der Waals surface area contributed by atoms with Crippen LogP contribution in [0.4, 0.5) is 0 Å². The maximum absolute atomic E-state index is 5.90. The fraction of sp³-hybridized carbons (Fsp3) is 0.480. The van der Waals surface area contributed by atoms with Gasteiger partial charge in [0.2, 0.25) is 0 Å². The zero-order valence-corrected chi connectivity index (χ0v) is 18.2. The van der Waals surface area contributed by atoms with Gasteiger partial charge in [0.15, 0.2) is 6.23 Å². The summed E-state index contributed by atoms with van der Waals surface area (Å²) in [7, 11) is 0. The number of aromatic nitrogens is 2. The van der Waals surface area contributed by atoms with Gasteiger partial charge in [0.05, 0.1) is 37.6 Å². The fourth-order valence-corrected chi connectivity index (χ4v) is 3.73. The minimum Gasteiger partial charge on any atom is -0.493 e. The highest BCUT2D eigenvalue weighted by Crippen LogP contribution is 2.28. The number of hydrogen-bond acceptors (Lipinski definition) is 5. The van der Waals surface area contributed by atoms with Crippen LogP contribution < -0.4 is 4.74 Å². The number of benzene rings is 2. The highest BCUT2D eigenvalue weighted by atomic mass is 16.5. The van der Waals surface area contributed by atoms with Crippen LogP contribution in [-0.2, 0) is 20.8 Å². The van der Waals surface area contributed by atoms with E-state index in [1.807, 2.05) is 48.1 Å². The van der Waals surface area contributed by atoms with Gasteiger partial charge in [-0.3, -0.25) is 0 Å². The average Bonchev–Trinajstić information content (AvgIpc) is 3.24. The standard InChI is InChI=1S/C25H32N2O4/c1-20(31-19-21-8-3-2-4-9-21)18-28-13-7-15-29-23-11-12-24-22(16-23)17-26-27(24)25-10-5-6-14-30-25/h2-4,8-9,11-12,16-17,20,25H,5-7,10,13-15,18-19H2,1H3. The summed E-state index contributed by atoms with van der Waals surface area (Å²) in [5, 5.41) is 5.61. The molecule has 6 heteroatoms. The van der Waals surface area contributed by atoms with E-state index in [2.05, 4.69) is 23.3 Å². The van der Waals surface area contributed by atoms with Crippen LogP contribution in [0, 0.1) is 0 Å². The van der Waals surface area contributed by atoms with E-state index in [4.69, 9.17) is 18.9 Å². The zero-order chi connectivity index (χ0) is 21.3. The average molecular weight is 425 g/mol. The number of hydrogen-bond donors (Lipinski definition) is 0. The molecule has 1 saturated heterocycles. The Morgan fingerprint density at radius 2 is 2.03 bits per heavy atom. The second-order valence-corrected chi connectivity index (χ2v) is 8.02. The Bertz CT molecular complexity index is 922. The van der Waals surface area contributed by atoms with Crippen molar-refractivity contribution in [1.29, 1.82) is 0 Å². The Morgan fingerprint density at radius 3 is 2.87 bits per heavy atom. The molecule has 31 heavy (non-hydrogen) atoms. The SMILES string of the molecule is CC(COCCCOc1ccc2c(cnn2C2CCCCO2)c1)OCc1ccccc1. The first kappa shape index (κ1) is 21.8. The summed E-state index contributed by atoms with van der Waals surface area (Å²) in [6.45, 7) is 5.31. The van der Waals surface area contributed by atoms with Gasteiger partial charge in [0.25, 0.3) is 0 Å². The molecule has 3 aromatic rings. The fourth-order valence-electron chi connectivity index (χ4n) is 3.73. The predicted octanol–water partition coefficient (Wildman–Crippen LogP) is 5.13. The minimum atomic E-state index is 0.0502. The van der Waals surface area contributed by atoms with Gasteiger partial charge in [0.1, 0.15) is 5.75 Å². The van der Waals surface area contributed by atoms with Crippen molar-refractivity contribution >= 4 is 10.9 Å². The first-order chi connectivity index (χ1) is 15.3. The maximum Gasteiger partial charge on any atom is 0.150 e. The molecule has 166 valence electrons. The van der Waals surface area contributed by atoms with Gasteiger partial charge < -0.3 is 18.9 Å². The first-order valence-electron chi connectivity index (χ1n) is 11.2. The third-order valence-electron chi connectivity index (χ3n) is 5.43. The molecule has 1 aliphatic heterocycles. The minimum absolute atomic E-state index is 0.0502. The van der Waals surface area contributed by atoms with Gasteiger partial charge in [-0.25, -0.2) is 4.68 Å². The Hall–Kier alpha value is -2.41. The first-order valence-corrected chi connectivity index (χ1v) is 11.2. The highest BCUT2D eigenvalue weighted by molar-refractivity contribution is 5.80. The Balaban J connectivity index is 1.14. The van der Waals surface area contributed by atoms with Crippen LogP contribution in [0.15, 0.2) is 54.7 Å². The second-order valence-electron chi connectivity index (χ2n) is 8.02. The molecule has 2 unspecified atom stereocenters. The van der Waals surface area contributed by atoms with Gasteiger partial charge in [0, 0.05) is 25.0 Å². The van der Waals surface area contributed by atoms with E-state index < -0.39 is 0 Å². The Kier molecular flexibility index (Phi) is 7.93. The molecule has 4 rings (SSSR count). The van der Waals surface area contributed by atoms with E-state index in [1.165, 1.54) is 12.0 Å². The maximum atomic E-state index is 5.90. The van der Waals surface area contributed by atoms with Crippen molar-refractivity contribution in [3.63, 3.8) is 0 Å². The number of fused-ring (bicyclic) bond motifs is 1. The quantitative estimate of drug-likeness (QED) is 0.400. The normalized spacial score (nSPS) is 17.6. The van der Waals surface area contributed by atoms with Gasteiger partial charge in [-0.1, -0.05) is 30.3 Å². The van der Waals surface area contributed by atoms with E-state index in [-0.39, 0.29) is 12.3 Å². The molecule has 2 heterocycles. The topological polar surface area (TPSA) is 54.7 Å². The van der Waals surface area contributed by atoms with Crippen molar-refractivity contribution in [2.45, 2.75) is 51.5 Å². The number of rotatable bonds is 11. The van der Waals surface area contributed by atoms with E-state index in [0.29, 0.717) is 26.4 Å². The number of ether oxygens (including phenoxy) is 4. The van der Waals surface area contributed by atoms with Crippen molar-refractivity contribution in [3.8, 4) is 5.75 Å². The highest BCUT2D eigenvalue weighted by Gasteiger charge is 2.18. The summed E-state index contributed by atoms with van der Waals surface area (Å²) >= 11 is 0. The van der Waals surface area contributed by atoms with Gasteiger partial charge in [-0.05, 0) is 49.9 Å². The van der Waals surface area contributed by atoms with Crippen LogP contribution in [-0.4, -0.2) is 42.3 Å². The molecular weight excluding hydrogens is 392 g/mol. The van der Waals surface area contributed by atoms with Gasteiger partial charge in [-0.2, -0.15) is 5.10 Å². The largest absolute Gasteiger partial charge is 0.493 e. The molecule has 2 aromatic carbocycles. The van der Waals surface area contributed by atoms with Crippen LogP contribution in [0.3, 0.4) is 0 Å². The molecule has 0 aliphatic carbocycles. The lowest BCUT2D eigenvalue weighted by atomic mass is 10.2. The monoisotopic (exact) mass is 424 g/mol. The van der Waals surface area contributed by atoms with Crippen LogP contribution >= 0.6 is 0 Å². The lowest BCUT2D eigenvalue weighted by molar-refractivity contribution is -0.0366. The van der Waals surface area contributed by atoms with Crippen LogP contribution in [0.5, 0.6) is 5.75 Å². The summed E-state index contributed by atoms with van der Waals surface area (Å²) in [5.74, 6) is 0.858. The summed E-state index contributed by atoms with van der Waals surface area (Å²) in [6.07, 6.45) is 6.18. The molecular formula is C25H32N2O4. The lowest BCUT2D eigenvalue weighted by Gasteiger charge is -2.23. The van der Waals surface area contributed by atoms with Crippen molar-refractivity contribution in [2.75, 3.05) is 26.4 Å². The molecule has 1 aromatic heterocycles. The van der Waals surface area contributed by atoms with Crippen molar-refractivity contribution < 1.29 is 18.9 Å². The van der Waals surface area contributed by atoms with Crippen molar-refractivity contribution in [1.82, 2.24) is 9.78 Å². The molecule has 0 saturated carbocycles. The summed E-state index contributed by atoms with van der Waals surface area (Å²) in [6, 6.07) is 16.3. The van der Waals surface area contributed by atoms with Gasteiger partial charge in [-0.15, -0.1) is 0 Å². The number of nitrogens with zero attached hydrogens (tertiary/aromatic N) is 2.